The lowest BCUT2D eigenvalue weighted by Gasteiger charge is -2.08. The van der Waals surface area contributed by atoms with Crippen LogP contribution in [0.4, 0.5) is 0 Å². The van der Waals surface area contributed by atoms with E-state index >= 15 is 0 Å². The highest BCUT2D eigenvalue weighted by Crippen LogP contribution is 2.25. The summed E-state index contributed by atoms with van der Waals surface area (Å²) in [5.74, 6) is 0.713. The molecular formula is C10H15NO. The van der Waals surface area contributed by atoms with E-state index in [1.54, 1.807) is 6.07 Å². The van der Waals surface area contributed by atoms with E-state index < -0.39 is 0 Å². The zero-order chi connectivity index (χ0) is 9.14. The van der Waals surface area contributed by atoms with Gasteiger partial charge in [-0.1, -0.05) is 26.0 Å². The second-order valence-electron chi connectivity index (χ2n) is 3.25. The van der Waals surface area contributed by atoms with Gasteiger partial charge in [0, 0.05) is 6.54 Å². The molecule has 3 N–H and O–H groups in total. The van der Waals surface area contributed by atoms with Crippen LogP contribution in [0.15, 0.2) is 18.2 Å². The van der Waals surface area contributed by atoms with Gasteiger partial charge in [0.05, 0.1) is 0 Å². The summed E-state index contributed by atoms with van der Waals surface area (Å²) >= 11 is 0. The topological polar surface area (TPSA) is 46.2 Å². The highest BCUT2D eigenvalue weighted by atomic mass is 16.3. The van der Waals surface area contributed by atoms with Crippen molar-refractivity contribution in [3.05, 3.63) is 29.3 Å². The van der Waals surface area contributed by atoms with E-state index in [4.69, 9.17) is 5.73 Å². The second-order valence-corrected chi connectivity index (χ2v) is 3.25. The third-order valence-electron chi connectivity index (χ3n) is 1.95. The van der Waals surface area contributed by atoms with E-state index in [-0.39, 0.29) is 0 Å². The summed E-state index contributed by atoms with van der Waals surface area (Å²) in [5.41, 5.74) is 7.38. The van der Waals surface area contributed by atoms with E-state index in [1.165, 1.54) is 0 Å². The van der Waals surface area contributed by atoms with Crippen molar-refractivity contribution < 1.29 is 5.11 Å². The highest BCUT2D eigenvalue weighted by molar-refractivity contribution is 5.38. The SMILES string of the molecule is CC(C)c1ccc(CN)cc1O. The second kappa shape index (κ2) is 3.59. The summed E-state index contributed by atoms with van der Waals surface area (Å²) in [4.78, 5) is 0. The first-order chi connectivity index (χ1) is 5.65. The van der Waals surface area contributed by atoms with Crippen LogP contribution >= 0.6 is 0 Å². The minimum Gasteiger partial charge on any atom is -0.508 e. The fourth-order valence-electron chi connectivity index (χ4n) is 1.20. The minimum absolute atomic E-state index is 0.355. The van der Waals surface area contributed by atoms with Gasteiger partial charge in [-0.05, 0) is 23.1 Å². The molecule has 0 saturated heterocycles. The van der Waals surface area contributed by atoms with Crippen LogP contribution in [0.2, 0.25) is 0 Å². The number of hydrogen-bond donors (Lipinski definition) is 2. The third kappa shape index (κ3) is 1.77. The zero-order valence-electron chi connectivity index (χ0n) is 7.54. The van der Waals surface area contributed by atoms with Crippen molar-refractivity contribution in [3.63, 3.8) is 0 Å². The van der Waals surface area contributed by atoms with Crippen LogP contribution in [0.5, 0.6) is 5.75 Å². The first-order valence-electron chi connectivity index (χ1n) is 4.17. The van der Waals surface area contributed by atoms with Crippen LogP contribution in [0.1, 0.15) is 30.9 Å². The predicted octanol–water partition coefficient (Wildman–Crippen LogP) is 1.97. The summed E-state index contributed by atoms with van der Waals surface area (Å²) in [6, 6.07) is 5.62. The smallest absolute Gasteiger partial charge is 0.119 e. The Morgan fingerprint density at radius 1 is 1.42 bits per heavy atom. The molecule has 0 bridgehead atoms. The first kappa shape index (κ1) is 9.07. The number of phenols is 1. The molecule has 0 fully saturated rings. The van der Waals surface area contributed by atoms with Crippen LogP contribution in [-0.2, 0) is 6.54 Å². The van der Waals surface area contributed by atoms with Crippen molar-refractivity contribution in [1.29, 1.82) is 0 Å². The average Bonchev–Trinajstić information content (AvgIpc) is 2.03. The van der Waals surface area contributed by atoms with Gasteiger partial charge >= 0.3 is 0 Å². The zero-order valence-corrected chi connectivity index (χ0v) is 7.54. The number of rotatable bonds is 2. The van der Waals surface area contributed by atoms with E-state index in [2.05, 4.69) is 13.8 Å². The molecule has 0 saturated carbocycles. The molecule has 0 amide bonds. The van der Waals surface area contributed by atoms with Gasteiger partial charge in [-0.15, -0.1) is 0 Å². The molecule has 66 valence electrons. The van der Waals surface area contributed by atoms with Gasteiger partial charge in [-0.3, -0.25) is 0 Å². The standard InChI is InChI=1S/C10H15NO/c1-7(2)9-4-3-8(6-11)5-10(9)12/h3-5,7,12H,6,11H2,1-2H3. The monoisotopic (exact) mass is 165 g/mol. The van der Waals surface area contributed by atoms with Crippen molar-refractivity contribution >= 4 is 0 Å². The Labute approximate surface area is 73.0 Å². The van der Waals surface area contributed by atoms with Gasteiger partial charge in [-0.25, -0.2) is 0 Å². The summed E-state index contributed by atoms with van der Waals surface area (Å²) in [5, 5.41) is 9.54. The Morgan fingerprint density at radius 2 is 2.08 bits per heavy atom. The van der Waals surface area contributed by atoms with E-state index in [1.807, 2.05) is 12.1 Å². The van der Waals surface area contributed by atoms with Gasteiger partial charge in [0.2, 0.25) is 0 Å². The maximum Gasteiger partial charge on any atom is 0.119 e. The summed E-state index contributed by atoms with van der Waals surface area (Å²) in [7, 11) is 0. The van der Waals surface area contributed by atoms with Gasteiger partial charge < -0.3 is 10.8 Å². The van der Waals surface area contributed by atoms with Crippen LogP contribution in [0.3, 0.4) is 0 Å². The van der Waals surface area contributed by atoms with Crippen molar-refractivity contribution in [2.45, 2.75) is 26.3 Å². The Kier molecular flexibility index (Phi) is 2.71. The molecule has 0 atom stereocenters. The van der Waals surface area contributed by atoms with E-state index in [0.29, 0.717) is 18.2 Å². The molecule has 0 spiro atoms. The van der Waals surface area contributed by atoms with E-state index in [0.717, 1.165) is 11.1 Å². The normalized spacial score (nSPS) is 10.7. The highest BCUT2D eigenvalue weighted by Gasteiger charge is 2.05. The molecule has 1 aromatic carbocycles. The van der Waals surface area contributed by atoms with Crippen LogP contribution in [0, 0.1) is 0 Å². The van der Waals surface area contributed by atoms with Crippen molar-refractivity contribution in [1.82, 2.24) is 0 Å². The maximum absolute atomic E-state index is 9.54. The van der Waals surface area contributed by atoms with Crippen LogP contribution < -0.4 is 5.73 Å². The molecule has 2 nitrogen and oxygen atoms in total. The molecule has 0 aliphatic carbocycles. The average molecular weight is 165 g/mol. The lowest BCUT2D eigenvalue weighted by atomic mass is 10.0. The summed E-state index contributed by atoms with van der Waals surface area (Å²) in [6.45, 7) is 4.58. The lowest BCUT2D eigenvalue weighted by molar-refractivity contribution is 0.464. The Bertz CT molecular complexity index is 269. The van der Waals surface area contributed by atoms with Crippen LogP contribution in [0.25, 0.3) is 0 Å². The Balaban J connectivity index is 3.03. The van der Waals surface area contributed by atoms with Gasteiger partial charge in [-0.2, -0.15) is 0 Å². The molecule has 1 aromatic rings. The largest absolute Gasteiger partial charge is 0.508 e. The van der Waals surface area contributed by atoms with Crippen LogP contribution in [-0.4, -0.2) is 5.11 Å². The Morgan fingerprint density at radius 3 is 2.50 bits per heavy atom. The minimum atomic E-state index is 0.355. The van der Waals surface area contributed by atoms with Gasteiger partial charge in [0.25, 0.3) is 0 Å². The fourth-order valence-corrected chi connectivity index (χ4v) is 1.20. The molecule has 0 aromatic heterocycles. The predicted molar refractivity (Wildman–Crippen MR) is 50.1 cm³/mol. The lowest BCUT2D eigenvalue weighted by Crippen LogP contribution is -1.97. The number of hydrogen-bond acceptors (Lipinski definition) is 2. The van der Waals surface area contributed by atoms with Crippen molar-refractivity contribution in [3.8, 4) is 5.75 Å². The van der Waals surface area contributed by atoms with Gasteiger partial charge in [0.15, 0.2) is 0 Å². The summed E-state index contributed by atoms with van der Waals surface area (Å²) in [6.07, 6.45) is 0. The number of nitrogens with two attached hydrogens (primary N) is 1. The fraction of sp³-hybridized carbons (Fsp3) is 0.400. The van der Waals surface area contributed by atoms with Crippen molar-refractivity contribution in [2.24, 2.45) is 5.73 Å². The third-order valence-corrected chi connectivity index (χ3v) is 1.95. The number of phenolic OH excluding ortho intramolecular Hbond substituents is 1. The maximum atomic E-state index is 9.54. The van der Waals surface area contributed by atoms with Gasteiger partial charge in [0.1, 0.15) is 5.75 Å². The molecule has 0 radical (unpaired) electrons. The number of benzene rings is 1. The molecule has 1 rings (SSSR count). The molecular weight excluding hydrogens is 150 g/mol. The summed E-state index contributed by atoms with van der Waals surface area (Å²) < 4.78 is 0. The molecule has 0 heterocycles. The number of aromatic hydroxyl groups is 1. The molecule has 0 unspecified atom stereocenters. The van der Waals surface area contributed by atoms with E-state index in [9.17, 15) is 5.11 Å². The molecule has 0 aliphatic heterocycles. The quantitative estimate of drug-likeness (QED) is 0.703. The molecule has 12 heavy (non-hydrogen) atoms. The molecule has 0 aliphatic rings. The molecule has 2 heteroatoms. The Hall–Kier alpha value is -1.02. The van der Waals surface area contributed by atoms with Crippen molar-refractivity contribution in [2.75, 3.05) is 0 Å². The first-order valence-corrected chi connectivity index (χ1v) is 4.17.